The third-order valence-corrected chi connectivity index (χ3v) is 3.67. The van der Waals surface area contributed by atoms with Gasteiger partial charge >= 0.3 is 6.61 Å². The van der Waals surface area contributed by atoms with Crippen molar-refractivity contribution in [1.29, 1.82) is 0 Å². The highest BCUT2D eigenvalue weighted by Crippen LogP contribution is 2.29. The average Bonchev–Trinajstić information content (AvgIpc) is 2.64. The van der Waals surface area contributed by atoms with E-state index in [1.165, 1.54) is 25.3 Å². The minimum atomic E-state index is -3.01. The highest BCUT2D eigenvalue weighted by molar-refractivity contribution is 6.30. The van der Waals surface area contributed by atoms with Crippen LogP contribution >= 0.6 is 11.6 Å². The van der Waals surface area contributed by atoms with Crippen molar-refractivity contribution >= 4 is 23.4 Å². The van der Waals surface area contributed by atoms with Crippen LogP contribution in [0.1, 0.15) is 15.9 Å². The summed E-state index contributed by atoms with van der Waals surface area (Å²) >= 11 is 5.86. The lowest BCUT2D eigenvalue weighted by Gasteiger charge is -2.11. The van der Waals surface area contributed by atoms with Gasteiger partial charge in [0.15, 0.2) is 11.5 Å². The summed E-state index contributed by atoms with van der Waals surface area (Å²) in [6.07, 6.45) is 0. The Morgan fingerprint density at radius 1 is 1.11 bits per heavy atom. The van der Waals surface area contributed by atoms with Gasteiger partial charge in [-0.25, -0.2) is 0 Å². The number of hydrogen-bond donors (Lipinski definition) is 2. The quantitative estimate of drug-likeness (QED) is 0.716. The van der Waals surface area contributed by atoms with E-state index in [0.717, 1.165) is 5.56 Å². The zero-order valence-corrected chi connectivity index (χ0v) is 15.1. The van der Waals surface area contributed by atoms with Gasteiger partial charge in [0.25, 0.3) is 5.91 Å². The first-order valence-corrected chi connectivity index (χ1v) is 8.19. The van der Waals surface area contributed by atoms with E-state index in [4.69, 9.17) is 16.3 Å². The molecule has 0 aliphatic heterocycles. The third-order valence-electron chi connectivity index (χ3n) is 3.43. The molecule has 0 radical (unpaired) electrons. The molecule has 0 fully saturated rings. The Kier molecular flexibility index (Phi) is 7.36. The van der Waals surface area contributed by atoms with Crippen LogP contribution in [0.5, 0.6) is 11.5 Å². The molecule has 0 saturated carbocycles. The summed E-state index contributed by atoms with van der Waals surface area (Å²) in [5, 5.41) is 5.64. The molecule has 0 unspecified atom stereocenters. The highest BCUT2D eigenvalue weighted by Gasteiger charge is 2.14. The Hall–Kier alpha value is -2.87. The summed E-state index contributed by atoms with van der Waals surface area (Å²) in [5.74, 6) is -1.17. The summed E-state index contributed by atoms with van der Waals surface area (Å²) in [5.41, 5.74) is 0.956. The lowest BCUT2D eigenvalue weighted by molar-refractivity contribution is -0.120. The molecule has 0 bridgehead atoms. The molecule has 0 saturated heterocycles. The fraction of sp³-hybridized carbons (Fsp3) is 0.222. The molecule has 2 aromatic carbocycles. The van der Waals surface area contributed by atoms with E-state index in [1.807, 2.05) is 0 Å². The van der Waals surface area contributed by atoms with Crippen LogP contribution in [0.4, 0.5) is 8.78 Å². The first-order chi connectivity index (χ1) is 12.9. The standard InChI is InChI=1S/C18H17ClF2N2O4/c1-26-15-8-12(5-6-14(15)27-18(20)21)17(25)23-10-16(24)22-9-11-3-2-4-13(19)7-11/h2-8,18H,9-10H2,1H3,(H,22,24)(H,23,25). The van der Waals surface area contributed by atoms with Crippen LogP contribution in [0, 0.1) is 0 Å². The average molecular weight is 399 g/mol. The lowest BCUT2D eigenvalue weighted by atomic mass is 10.2. The summed E-state index contributed by atoms with van der Waals surface area (Å²) in [7, 11) is 1.26. The number of halogens is 3. The van der Waals surface area contributed by atoms with Gasteiger partial charge in [0.1, 0.15) is 0 Å². The molecule has 0 atom stereocenters. The van der Waals surface area contributed by atoms with Gasteiger partial charge in [-0.05, 0) is 35.9 Å². The Morgan fingerprint density at radius 2 is 1.89 bits per heavy atom. The maximum Gasteiger partial charge on any atom is 0.387 e. The van der Waals surface area contributed by atoms with Crippen molar-refractivity contribution in [3.63, 3.8) is 0 Å². The molecule has 2 rings (SSSR count). The van der Waals surface area contributed by atoms with Gasteiger partial charge in [0, 0.05) is 17.1 Å². The number of nitrogens with one attached hydrogen (secondary N) is 2. The predicted octanol–water partition coefficient (Wildman–Crippen LogP) is 3.00. The molecule has 0 aromatic heterocycles. The van der Waals surface area contributed by atoms with Gasteiger partial charge in [-0.3, -0.25) is 9.59 Å². The monoisotopic (exact) mass is 398 g/mol. The van der Waals surface area contributed by atoms with E-state index in [-0.39, 0.29) is 30.2 Å². The molecular formula is C18H17ClF2N2O4. The lowest BCUT2D eigenvalue weighted by Crippen LogP contribution is -2.36. The van der Waals surface area contributed by atoms with Gasteiger partial charge in [0.05, 0.1) is 13.7 Å². The summed E-state index contributed by atoms with van der Waals surface area (Å²) in [6.45, 7) is -3.00. The van der Waals surface area contributed by atoms with E-state index >= 15 is 0 Å². The maximum absolute atomic E-state index is 12.3. The molecule has 2 aromatic rings. The van der Waals surface area contributed by atoms with E-state index < -0.39 is 18.4 Å². The van der Waals surface area contributed by atoms with Crippen molar-refractivity contribution in [2.75, 3.05) is 13.7 Å². The van der Waals surface area contributed by atoms with Crippen LogP contribution in [0.2, 0.25) is 5.02 Å². The summed E-state index contributed by atoms with van der Waals surface area (Å²) < 4.78 is 33.8. The van der Waals surface area contributed by atoms with Crippen molar-refractivity contribution in [3.05, 3.63) is 58.6 Å². The van der Waals surface area contributed by atoms with Crippen LogP contribution in [0.15, 0.2) is 42.5 Å². The Bertz CT molecular complexity index is 818. The molecule has 0 aliphatic carbocycles. The normalized spacial score (nSPS) is 10.4. The van der Waals surface area contributed by atoms with Crippen LogP contribution < -0.4 is 20.1 Å². The highest BCUT2D eigenvalue weighted by atomic mass is 35.5. The zero-order valence-electron chi connectivity index (χ0n) is 14.3. The first-order valence-electron chi connectivity index (χ1n) is 7.81. The number of alkyl halides is 2. The molecule has 0 spiro atoms. The Balaban J connectivity index is 1.88. The van der Waals surface area contributed by atoms with Crippen molar-refractivity contribution in [3.8, 4) is 11.5 Å². The SMILES string of the molecule is COc1cc(C(=O)NCC(=O)NCc2cccc(Cl)c2)ccc1OC(F)F. The predicted molar refractivity (Wildman–Crippen MR) is 95.3 cm³/mol. The second-order valence-corrected chi connectivity index (χ2v) is 5.77. The number of carbonyl (C=O) groups excluding carboxylic acids is 2. The molecular weight excluding hydrogens is 382 g/mol. The minimum absolute atomic E-state index is 0.0200. The number of carbonyl (C=O) groups is 2. The van der Waals surface area contributed by atoms with Crippen molar-refractivity contribution in [1.82, 2.24) is 10.6 Å². The number of benzene rings is 2. The zero-order chi connectivity index (χ0) is 19.8. The number of rotatable bonds is 8. The molecule has 9 heteroatoms. The smallest absolute Gasteiger partial charge is 0.387 e. The fourth-order valence-electron chi connectivity index (χ4n) is 2.17. The molecule has 0 aliphatic rings. The van der Waals surface area contributed by atoms with Crippen molar-refractivity contribution in [2.24, 2.45) is 0 Å². The molecule has 0 heterocycles. The number of methoxy groups -OCH3 is 1. The van der Waals surface area contributed by atoms with Crippen LogP contribution in [-0.2, 0) is 11.3 Å². The largest absolute Gasteiger partial charge is 0.493 e. The third kappa shape index (κ3) is 6.41. The second kappa shape index (κ2) is 9.72. The van der Waals surface area contributed by atoms with Crippen LogP contribution in [0.3, 0.4) is 0 Å². The van der Waals surface area contributed by atoms with Gasteiger partial charge in [-0.2, -0.15) is 8.78 Å². The molecule has 27 heavy (non-hydrogen) atoms. The maximum atomic E-state index is 12.3. The second-order valence-electron chi connectivity index (χ2n) is 5.33. The first kappa shape index (κ1) is 20.4. The number of hydrogen-bond acceptors (Lipinski definition) is 4. The van der Waals surface area contributed by atoms with Crippen LogP contribution in [0.25, 0.3) is 0 Å². The molecule has 2 amide bonds. The van der Waals surface area contributed by atoms with E-state index in [2.05, 4.69) is 15.4 Å². The summed E-state index contributed by atoms with van der Waals surface area (Å²) in [6, 6.07) is 10.7. The van der Waals surface area contributed by atoms with Gasteiger partial charge in [0.2, 0.25) is 5.91 Å². The van der Waals surface area contributed by atoms with Gasteiger partial charge in [-0.1, -0.05) is 23.7 Å². The minimum Gasteiger partial charge on any atom is -0.493 e. The number of ether oxygens (including phenoxy) is 2. The topological polar surface area (TPSA) is 76.7 Å². The van der Waals surface area contributed by atoms with Crippen LogP contribution in [-0.4, -0.2) is 32.1 Å². The fourth-order valence-corrected chi connectivity index (χ4v) is 2.39. The Labute approximate surface area is 159 Å². The number of amides is 2. The molecule has 2 N–H and O–H groups in total. The molecule has 6 nitrogen and oxygen atoms in total. The van der Waals surface area contributed by atoms with Crippen molar-refractivity contribution < 1.29 is 27.8 Å². The van der Waals surface area contributed by atoms with E-state index in [1.54, 1.807) is 24.3 Å². The van der Waals surface area contributed by atoms with E-state index in [9.17, 15) is 18.4 Å². The van der Waals surface area contributed by atoms with Gasteiger partial charge in [-0.15, -0.1) is 0 Å². The summed E-state index contributed by atoms with van der Waals surface area (Å²) in [4.78, 5) is 24.0. The van der Waals surface area contributed by atoms with E-state index in [0.29, 0.717) is 5.02 Å². The Morgan fingerprint density at radius 3 is 2.56 bits per heavy atom. The van der Waals surface area contributed by atoms with Crippen molar-refractivity contribution in [2.45, 2.75) is 13.2 Å². The molecule has 144 valence electrons. The van der Waals surface area contributed by atoms with Gasteiger partial charge < -0.3 is 20.1 Å².